The average Bonchev–Trinajstić information content (AvgIpc) is 3.59. The topological polar surface area (TPSA) is 97.0 Å². The number of anilines is 3. The van der Waals surface area contributed by atoms with Crippen LogP contribution in [0.25, 0.3) is 0 Å². The van der Waals surface area contributed by atoms with Crippen LogP contribution in [0.1, 0.15) is 15.2 Å². The molecule has 1 aromatic heterocycles. The fraction of sp³-hybridized carbons (Fsp3) is 0.100. The average molecular weight is 572 g/mol. The van der Waals surface area contributed by atoms with E-state index in [9.17, 15) is 14.4 Å². The summed E-state index contributed by atoms with van der Waals surface area (Å²) in [5, 5.41) is 7.86. The number of aryl methyl sites for hydroxylation is 1. The Balaban J connectivity index is 1.45. The van der Waals surface area contributed by atoms with E-state index in [1.165, 1.54) is 37.3 Å². The summed E-state index contributed by atoms with van der Waals surface area (Å²) in [6, 6.07) is 23.1. The minimum Gasteiger partial charge on any atom is -0.497 e. The Morgan fingerprint density at radius 3 is 2.25 bits per heavy atom. The summed E-state index contributed by atoms with van der Waals surface area (Å²) in [6.07, 6.45) is 0. The highest BCUT2D eigenvalue weighted by atomic mass is 32.2. The molecule has 3 amide bonds. The number of nitrogens with one attached hydrogen (secondary N) is 2. The minimum atomic E-state index is -0.503. The largest absolute Gasteiger partial charge is 0.497 e. The lowest BCUT2D eigenvalue weighted by Gasteiger charge is -2.19. The number of thiophene rings is 1. The summed E-state index contributed by atoms with van der Waals surface area (Å²) in [6.45, 7) is 1.97. The molecule has 0 unspecified atom stereocenters. The van der Waals surface area contributed by atoms with Crippen LogP contribution in [0.5, 0.6) is 11.5 Å². The fourth-order valence-electron chi connectivity index (χ4n) is 4.01. The van der Waals surface area contributed by atoms with Crippen molar-refractivity contribution < 1.29 is 23.9 Å². The Labute approximate surface area is 239 Å². The number of carbonyl (C=O) groups is 3. The lowest BCUT2D eigenvalue weighted by molar-refractivity contribution is -0.120. The number of carbonyl (C=O) groups excluding carboxylic acids is 3. The second-order valence-electron chi connectivity index (χ2n) is 8.74. The molecule has 5 rings (SSSR count). The molecule has 1 aliphatic heterocycles. The molecule has 10 heteroatoms. The third kappa shape index (κ3) is 5.58. The van der Waals surface area contributed by atoms with Crippen LogP contribution in [0.15, 0.2) is 99.7 Å². The molecule has 0 radical (unpaired) electrons. The van der Waals surface area contributed by atoms with Gasteiger partial charge in [-0.1, -0.05) is 35.5 Å². The third-order valence-corrected chi connectivity index (χ3v) is 8.03. The first-order chi connectivity index (χ1) is 19.4. The number of benzene rings is 3. The summed E-state index contributed by atoms with van der Waals surface area (Å²) in [5.41, 5.74) is 2.83. The van der Waals surface area contributed by atoms with Crippen LogP contribution in [-0.4, -0.2) is 31.9 Å². The van der Waals surface area contributed by atoms with Crippen LogP contribution in [-0.2, 0) is 9.59 Å². The Morgan fingerprint density at radius 1 is 0.875 bits per heavy atom. The zero-order valence-electron chi connectivity index (χ0n) is 21.9. The summed E-state index contributed by atoms with van der Waals surface area (Å²) in [4.78, 5) is 42.6. The standard InChI is InChI=1S/C30H25N3O5S2/c1-18-6-8-19(9-7-18)31-26-27(30(36)33(29(26)35)23-15-12-21(37-2)17-24(23)38-3)40-22-13-10-20(11-14-22)32-28(34)25-5-4-16-39-25/h4-17,31H,1-3H3,(H,32,34). The van der Waals surface area contributed by atoms with Crippen molar-refractivity contribution in [3.05, 3.63) is 105 Å². The van der Waals surface area contributed by atoms with Crippen molar-refractivity contribution in [2.24, 2.45) is 0 Å². The van der Waals surface area contributed by atoms with Gasteiger partial charge in [0.05, 0.1) is 24.8 Å². The monoisotopic (exact) mass is 571 g/mol. The van der Waals surface area contributed by atoms with Gasteiger partial charge in [0, 0.05) is 22.3 Å². The van der Waals surface area contributed by atoms with E-state index in [1.807, 2.05) is 42.6 Å². The SMILES string of the molecule is COc1ccc(N2C(=O)C(Nc3ccc(C)cc3)=C(Sc3ccc(NC(=O)c4cccs4)cc3)C2=O)c(OC)c1. The smallest absolute Gasteiger partial charge is 0.283 e. The van der Waals surface area contributed by atoms with Gasteiger partial charge in [-0.2, -0.15) is 0 Å². The van der Waals surface area contributed by atoms with Crippen molar-refractivity contribution in [2.45, 2.75) is 11.8 Å². The number of nitrogens with zero attached hydrogens (tertiary/aromatic N) is 1. The van der Waals surface area contributed by atoms with E-state index in [-0.39, 0.29) is 16.5 Å². The molecule has 4 aromatic rings. The lowest BCUT2D eigenvalue weighted by Crippen LogP contribution is -2.32. The number of hydrogen-bond acceptors (Lipinski definition) is 8. The minimum absolute atomic E-state index is 0.159. The van der Waals surface area contributed by atoms with Gasteiger partial charge >= 0.3 is 0 Å². The molecule has 0 aliphatic carbocycles. The van der Waals surface area contributed by atoms with Crippen molar-refractivity contribution in [3.63, 3.8) is 0 Å². The maximum absolute atomic E-state index is 13.8. The van der Waals surface area contributed by atoms with Gasteiger partial charge in [0.15, 0.2) is 0 Å². The normalized spacial score (nSPS) is 13.0. The molecule has 2 N–H and O–H groups in total. The highest BCUT2D eigenvalue weighted by molar-refractivity contribution is 8.04. The number of hydrogen-bond donors (Lipinski definition) is 2. The number of methoxy groups -OCH3 is 2. The van der Waals surface area contributed by atoms with Gasteiger partial charge in [0.1, 0.15) is 22.1 Å². The molecule has 2 heterocycles. The van der Waals surface area contributed by atoms with Gasteiger partial charge in [-0.05, 0) is 66.9 Å². The van der Waals surface area contributed by atoms with Gasteiger partial charge in [-0.25, -0.2) is 4.90 Å². The van der Waals surface area contributed by atoms with E-state index in [4.69, 9.17) is 9.47 Å². The molecule has 8 nitrogen and oxygen atoms in total. The molecule has 202 valence electrons. The summed E-state index contributed by atoms with van der Waals surface area (Å²) < 4.78 is 10.8. The van der Waals surface area contributed by atoms with Crippen LogP contribution in [0.2, 0.25) is 0 Å². The lowest BCUT2D eigenvalue weighted by atomic mass is 10.2. The van der Waals surface area contributed by atoms with Gasteiger partial charge < -0.3 is 20.1 Å². The van der Waals surface area contributed by atoms with E-state index in [0.29, 0.717) is 33.4 Å². The number of ether oxygens (including phenoxy) is 2. The number of rotatable bonds is 9. The Morgan fingerprint density at radius 2 is 1.60 bits per heavy atom. The van der Waals surface area contributed by atoms with Crippen molar-refractivity contribution in [1.82, 2.24) is 0 Å². The van der Waals surface area contributed by atoms with E-state index < -0.39 is 11.8 Å². The molecule has 40 heavy (non-hydrogen) atoms. The predicted molar refractivity (Wildman–Crippen MR) is 158 cm³/mol. The van der Waals surface area contributed by atoms with E-state index in [0.717, 1.165) is 15.4 Å². The molecule has 1 aliphatic rings. The molecular formula is C30H25N3O5S2. The molecule has 0 saturated heterocycles. The molecule has 0 fully saturated rings. The number of imide groups is 1. The van der Waals surface area contributed by atoms with E-state index in [2.05, 4.69) is 10.6 Å². The molecule has 0 saturated carbocycles. The predicted octanol–water partition coefficient (Wildman–Crippen LogP) is 6.32. The maximum Gasteiger partial charge on any atom is 0.283 e. The van der Waals surface area contributed by atoms with E-state index >= 15 is 0 Å². The Kier molecular flexibility index (Phi) is 7.90. The number of amides is 3. The molecule has 0 atom stereocenters. The van der Waals surface area contributed by atoms with Gasteiger partial charge in [-0.15, -0.1) is 11.3 Å². The third-order valence-electron chi connectivity index (χ3n) is 6.07. The highest BCUT2D eigenvalue weighted by Gasteiger charge is 2.41. The van der Waals surface area contributed by atoms with Crippen LogP contribution in [0, 0.1) is 6.92 Å². The summed E-state index contributed by atoms with van der Waals surface area (Å²) in [5.74, 6) is -0.317. The first kappa shape index (κ1) is 27.0. The number of thioether (sulfide) groups is 1. The second-order valence-corrected chi connectivity index (χ2v) is 10.8. The molecule has 3 aromatic carbocycles. The quantitative estimate of drug-likeness (QED) is 0.227. The Bertz CT molecular complexity index is 1600. The van der Waals surface area contributed by atoms with Gasteiger partial charge in [-0.3, -0.25) is 14.4 Å². The van der Waals surface area contributed by atoms with Crippen molar-refractivity contribution in [3.8, 4) is 11.5 Å². The highest BCUT2D eigenvalue weighted by Crippen LogP contribution is 2.41. The van der Waals surface area contributed by atoms with Crippen molar-refractivity contribution in [2.75, 3.05) is 29.8 Å². The first-order valence-electron chi connectivity index (χ1n) is 12.2. The maximum atomic E-state index is 13.8. The zero-order chi connectivity index (χ0) is 28.2. The van der Waals surface area contributed by atoms with E-state index in [1.54, 1.807) is 48.5 Å². The Hall–Kier alpha value is -4.54. The van der Waals surface area contributed by atoms with Crippen LogP contribution < -0.4 is 25.0 Å². The fourth-order valence-corrected chi connectivity index (χ4v) is 5.55. The summed E-state index contributed by atoms with van der Waals surface area (Å²) in [7, 11) is 3.00. The molecular weight excluding hydrogens is 546 g/mol. The van der Waals surface area contributed by atoms with Crippen molar-refractivity contribution in [1.29, 1.82) is 0 Å². The van der Waals surface area contributed by atoms with Crippen LogP contribution in [0.3, 0.4) is 0 Å². The zero-order valence-corrected chi connectivity index (χ0v) is 23.5. The van der Waals surface area contributed by atoms with Gasteiger partial charge in [0.2, 0.25) is 0 Å². The molecule has 0 bridgehead atoms. The van der Waals surface area contributed by atoms with Crippen LogP contribution in [0.4, 0.5) is 17.1 Å². The first-order valence-corrected chi connectivity index (χ1v) is 13.9. The van der Waals surface area contributed by atoms with Gasteiger partial charge in [0.25, 0.3) is 17.7 Å². The van der Waals surface area contributed by atoms with Crippen LogP contribution >= 0.6 is 23.1 Å². The second kappa shape index (κ2) is 11.7. The molecule has 0 spiro atoms. The van der Waals surface area contributed by atoms with Crippen molar-refractivity contribution >= 4 is 57.9 Å². The summed E-state index contributed by atoms with van der Waals surface area (Å²) >= 11 is 2.53.